The third-order valence-electron chi connectivity index (χ3n) is 4.64. The third-order valence-corrected chi connectivity index (χ3v) is 4.64. The fourth-order valence-electron chi connectivity index (χ4n) is 3.29. The number of rotatable bonds is 9. The average molecular weight is 573 g/mol. The van der Waals surface area contributed by atoms with Crippen LogP contribution in [0.15, 0.2) is 78.9 Å². The van der Waals surface area contributed by atoms with Crippen molar-refractivity contribution in [3.8, 4) is 11.5 Å². The molecule has 155 valence electrons. The molecule has 3 aromatic rings. The van der Waals surface area contributed by atoms with E-state index in [0.717, 1.165) is 28.9 Å². The van der Waals surface area contributed by atoms with Crippen molar-refractivity contribution >= 4 is 17.6 Å². The number of carbonyl (C=O) groups excluding carboxylic acids is 1. The number of phenolic OH excluding ortho intramolecular Hbond substituents is 1. The van der Waals surface area contributed by atoms with Crippen LogP contribution in [-0.2, 0) is 25.2 Å². The van der Waals surface area contributed by atoms with Crippen molar-refractivity contribution in [3.63, 3.8) is 0 Å². The standard InChI is InChI=1S/C25H25NO3.Re/c1-2-24(19-6-4-3-5-7-19)25(20-8-12-22(28)13-9-20)21-10-14-23(15-11-21)29-17-16-26-18-27;/h3-15,18H,2,16-17H2,1H3,(H2,26,27,28);/p-1/b25-24-;. The summed E-state index contributed by atoms with van der Waals surface area (Å²) >= 11 is 0. The van der Waals surface area contributed by atoms with Gasteiger partial charge in [-0.1, -0.05) is 68.1 Å². The SMILES string of the molecule is CC/C(=C(\c1ccc(O)cc1)c1ccc(OCC[N-]C=O)cc1)c1ccccc1.[Re]. The molecule has 0 aliphatic rings. The molecule has 0 saturated heterocycles. The van der Waals surface area contributed by atoms with Gasteiger partial charge in [0.1, 0.15) is 11.5 Å². The molecule has 5 heteroatoms. The fourth-order valence-corrected chi connectivity index (χ4v) is 3.29. The summed E-state index contributed by atoms with van der Waals surface area (Å²) < 4.78 is 5.63. The van der Waals surface area contributed by atoms with Gasteiger partial charge < -0.3 is 20.0 Å². The van der Waals surface area contributed by atoms with Gasteiger partial charge in [0.15, 0.2) is 0 Å². The van der Waals surface area contributed by atoms with Gasteiger partial charge in [0.05, 0.1) is 6.61 Å². The maximum Gasteiger partial charge on any atom is 0.119 e. The average Bonchev–Trinajstić information content (AvgIpc) is 2.77. The Labute approximate surface area is 191 Å². The van der Waals surface area contributed by atoms with Crippen molar-refractivity contribution in [1.82, 2.24) is 0 Å². The second kappa shape index (κ2) is 12.0. The third kappa shape index (κ3) is 6.06. The van der Waals surface area contributed by atoms with E-state index in [9.17, 15) is 9.90 Å². The van der Waals surface area contributed by atoms with Crippen LogP contribution < -0.4 is 4.74 Å². The Morgan fingerprint density at radius 3 is 2.07 bits per heavy atom. The van der Waals surface area contributed by atoms with E-state index < -0.39 is 0 Å². The van der Waals surface area contributed by atoms with Crippen LogP contribution in [0.5, 0.6) is 11.5 Å². The maximum atomic E-state index is 10.3. The van der Waals surface area contributed by atoms with Gasteiger partial charge in [-0.3, -0.25) is 0 Å². The molecule has 3 aromatic carbocycles. The van der Waals surface area contributed by atoms with Gasteiger partial charge in [0.2, 0.25) is 0 Å². The minimum atomic E-state index is 0. The van der Waals surface area contributed by atoms with Crippen LogP contribution in [0.25, 0.3) is 16.5 Å². The van der Waals surface area contributed by atoms with Crippen LogP contribution in [-0.4, -0.2) is 24.7 Å². The van der Waals surface area contributed by atoms with E-state index in [0.29, 0.717) is 19.6 Å². The van der Waals surface area contributed by atoms with Gasteiger partial charge in [-0.25, -0.2) is 0 Å². The van der Waals surface area contributed by atoms with E-state index in [4.69, 9.17) is 4.74 Å². The number of amides is 1. The summed E-state index contributed by atoms with van der Waals surface area (Å²) in [6.45, 7) is 2.86. The van der Waals surface area contributed by atoms with Crippen LogP contribution >= 0.6 is 0 Å². The second-order valence-electron chi connectivity index (χ2n) is 6.50. The molecule has 3 rings (SSSR count). The van der Waals surface area contributed by atoms with Crippen molar-refractivity contribution in [3.05, 3.63) is 101 Å². The van der Waals surface area contributed by atoms with Gasteiger partial charge in [0.25, 0.3) is 0 Å². The first-order chi connectivity index (χ1) is 14.2. The van der Waals surface area contributed by atoms with Gasteiger partial charge in [-0.2, -0.15) is 0 Å². The summed E-state index contributed by atoms with van der Waals surface area (Å²) in [6.07, 6.45) is 1.41. The first-order valence-electron chi connectivity index (χ1n) is 9.64. The number of ether oxygens (including phenoxy) is 1. The zero-order valence-corrected chi connectivity index (χ0v) is 19.5. The predicted molar refractivity (Wildman–Crippen MR) is 117 cm³/mol. The molecule has 0 spiro atoms. The summed E-state index contributed by atoms with van der Waals surface area (Å²) in [5.41, 5.74) is 5.65. The van der Waals surface area contributed by atoms with Crippen LogP contribution in [0.4, 0.5) is 0 Å². The summed E-state index contributed by atoms with van der Waals surface area (Å²) in [5, 5.41) is 13.3. The van der Waals surface area contributed by atoms with Crippen molar-refractivity contribution in [1.29, 1.82) is 0 Å². The van der Waals surface area contributed by atoms with Gasteiger partial charge >= 0.3 is 0 Å². The summed E-state index contributed by atoms with van der Waals surface area (Å²) in [5.74, 6) is 0.980. The molecular formula is C25H24NO3Re-. The first-order valence-corrected chi connectivity index (χ1v) is 9.64. The van der Waals surface area contributed by atoms with Crippen LogP contribution in [0, 0.1) is 0 Å². The molecule has 1 radical (unpaired) electrons. The zero-order valence-electron chi connectivity index (χ0n) is 16.8. The zero-order chi connectivity index (χ0) is 20.5. The Morgan fingerprint density at radius 2 is 1.50 bits per heavy atom. The van der Waals surface area contributed by atoms with Crippen molar-refractivity contribution in [2.45, 2.75) is 13.3 Å². The van der Waals surface area contributed by atoms with Crippen molar-refractivity contribution in [2.75, 3.05) is 13.2 Å². The molecular weight excluding hydrogens is 548 g/mol. The van der Waals surface area contributed by atoms with E-state index in [-0.39, 0.29) is 26.2 Å². The van der Waals surface area contributed by atoms with Crippen molar-refractivity contribution in [2.24, 2.45) is 0 Å². The Kier molecular flexibility index (Phi) is 9.34. The Hall–Kier alpha value is -2.87. The smallest absolute Gasteiger partial charge is 0.119 e. The van der Waals surface area contributed by atoms with Crippen LogP contribution in [0.1, 0.15) is 30.0 Å². The molecule has 0 aromatic heterocycles. The number of benzene rings is 3. The van der Waals surface area contributed by atoms with Crippen LogP contribution in [0.2, 0.25) is 0 Å². The van der Waals surface area contributed by atoms with Crippen LogP contribution in [0.3, 0.4) is 0 Å². The molecule has 0 aliphatic heterocycles. The van der Waals surface area contributed by atoms with Gasteiger partial charge in [-0.15, -0.1) is 0 Å². The molecule has 0 saturated carbocycles. The number of phenols is 1. The van der Waals surface area contributed by atoms with E-state index >= 15 is 0 Å². The number of carbonyl (C=O) groups is 1. The fraction of sp³-hybridized carbons (Fsp3) is 0.160. The molecule has 0 atom stereocenters. The normalized spacial score (nSPS) is 11.1. The number of aromatic hydroxyl groups is 1. The van der Waals surface area contributed by atoms with E-state index in [2.05, 4.69) is 24.4 Å². The molecule has 4 nitrogen and oxygen atoms in total. The Morgan fingerprint density at radius 1 is 0.900 bits per heavy atom. The molecule has 1 amide bonds. The van der Waals surface area contributed by atoms with E-state index in [1.165, 1.54) is 11.1 Å². The Balaban J connectivity index is 0.00000320. The molecule has 0 bridgehead atoms. The molecule has 0 fully saturated rings. The largest absolute Gasteiger partial charge is 0.654 e. The minimum Gasteiger partial charge on any atom is -0.654 e. The molecule has 30 heavy (non-hydrogen) atoms. The topological polar surface area (TPSA) is 60.6 Å². The number of allylic oxidation sites excluding steroid dienone is 1. The second-order valence-corrected chi connectivity index (χ2v) is 6.50. The molecule has 1 N–H and O–H groups in total. The van der Waals surface area contributed by atoms with Crippen molar-refractivity contribution < 1.29 is 35.1 Å². The minimum absolute atomic E-state index is 0. The summed E-state index contributed by atoms with van der Waals surface area (Å²) in [6, 6.07) is 25.6. The maximum absolute atomic E-state index is 10.3. The molecule has 0 unspecified atom stereocenters. The predicted octanol–water partition coefficient (Wildman–Crippen LogP) is 5.67. The molecule has 0 aliphatic carbocycles. The van der Waals surface area contributed by atoms with E-state index in [1.807, 2.05) is 54.6 Å². The number of hydrogen-bond acceptors (Lipinski definition) is 3. The monoisotopic (exact) mass is 573 g/mol. The summed E-state index contributed by atoms with van der Waals surface area (Å²) in [7, 11) is 0. The summed E-state index contributed by atoms with van der Waals surface area (Å²) in [4.78, 5) is 10.3. The number of nitrogens with zero attached hydrogens (tertiary/aromatic N) is 1. The first kappa shape index (κ1) is 23.4. The van der Waals surface area contributed by atoms with Gasteiger partial charge in [-0.05, 0) is 58.5 Å². The number of hydrogen-bond donors (Lipinski definition) is 1. The Bertz CT molecular complexity index is 952. The van der Waals surface area contributed by atoms with Gasteiger partial charge in [0, 0.05) is 26.8 Å². The molecule has 0 heterocycles. The van der Waals surface area contributed by atoms with E-state index in [1.54, 1.807) is 12.1 Å². The quantitative estimate of drug-likeness (QED) is 0.204.